The minimum absolute atomic E-state index is 0.0170. The number of halogens is 1. The molecule has 0 bridgehead atoms. The average molecular weight is 340 g/mol. The van der Waals surface area contributed by atoms with Crippen LogP contribution in [0.2, 0.25) is 0 Å². The molecule has 0 radical (unpaired) electrons. The molecule has 0 aromatic carbocycles. The van der Waals surface area contributed by atoms with Gasteiger partial charge in [0.15, 0.2) is 5.82 Å². The van der Waals surface area contributed by atoms with E-state index >= 15 is 0 Å². The maximum atomic E-state index is 13.0. The van der Waals surface area contributed by atoms with E-state index in [1.54, 1.807) is 6.20 Å². The Balaban J connectivity index is 1.75. The molecule has 2 aromatic heterocycles. The molecule has 3 rings (SSSR count). The highest BCUT2D eigenvalue weighted by Gasteiger charge is 2.27. The summed E-state index contributed by atoms with van der Waals surface area (Å²) in [7, 11) is -3.22. The van der Waals surface area contributed by atoms with E-state index in [0.29, 0.717) is 32.0 Å². The molecule has 124 valence electrons. The Morgan fingerprint density at radius 2 is 2.13 bits per heavy atom. The standard InChI is InChI=1S/C13H17FN6O2S/c1-23(21,22)18-5-3-12-9-19(8-11-2-4-17-20(11)12)13-15-6-10(14)7-16-13/h2,4,6-7,12,18H,3,5,8-9H2,1H3. The van der Waals surface area contributed by atoms with E-state index in [1.807, 2.05) is 15.6 Å². The number of sulfonamides is 1. The summed E-state index contributed by atoms with van der Waals surface area (Å²) in [5.74, 6) is -0.0374. The molecule has 1 unspecified atom stereocenters. The first-order chi connectivity index (χ1) is 10.9. The van der Waals surface area contributed by atoms with Gasteiger partial charge < -0.3 is 4.90 Å². The molecule has 2 aromatic rings. The number of fused-ring (bicyclic) bond motifs is 1. The Morgan fingerprint density at radius 1 is 1.39 bits per heavy atom. The van der Waals surface area contributed by atoms with Crippen LogP contribution in [0.1, 0.15) is 18.2 Å². The van der Waals surface area contributed by atoms with Gasteiger partial charge in [-0.25, -0.2) is 27.5 Å². The van der Waals surface area contributed by atoms with Crippen LogP contribution in [-0.2, 0) is 16.6 Å². The molecule has 1 aliphatic rings. The molecule has 10 heteroatoms. The molecule has 0 fully saturated rings. The zero-order valence-electron chi connectivity index (χ0n) is 12.6. The summed E-state index contributed by atoms with van der Waals surface area (Å²) in [6.07, 6.45) is 5.69. The van der Waals surface area contributed by atoms with Crippen LogP contribution in [0.3, 0.4) is 0 Å². The lowest BCUT2D eigenvalue weighted by Crippen LogP contribution is -2.40. The Hall–Kier alpha value is -2.07. The normalized spacial score (nSPS) is 18.0. The lowest BCUT2D eigenvalue weighted by molar-refractivity contribution is 0.374. The minimum atomic E-state index is -3.22. The van der Waals surface area contributed by atoms with Crippen molar-refractivity contribution in [1.82, 2.24) is 24.5 Å². The second kappa shape index (κ2) is 6.20. The van der Waals surface area contributed by atoms with Crippen molar-refractivity contribution in [3.05, 3.63) is 36.2 Å². The molecule has 1 N–H and O–H groups in total. The predicted molar refractivity (Wildman–Crippen MR) is 81.8 cm³/mol. The van der Waals surface area contributed by atoms with Gasteiger partial charge >= 0.3 is 0 Å². The van der Waals surface area contributed by atoms with Crippen molar-refractivity contribution in [2.24, 2.45) is 0 Å². The molecule has 0 spiro atoms. The first-order valence-electron chi connectivity index (χ1n) is 7.12. The molecule has 1 aliphatic heterocycles. The quantitative estimate of drug-likeness (QED) is 0.842. The fraction of sp³-hybridized carbons (Fsp3) is 0.462. The summed E-state index contributed by atoms with van der Waals surface area (Å²) in [6, 6.07) is 1.88. The third-order valence-corrected chi connectivity index (χ3v) is 4.34. The molecular formula is C13H17FN6O2S. The molecule has 3 heterocycles. The maximum Gasteiger partial charge on any atom is 0.225 e. The second-order valence-corrected chi connectivity index (χ2v) is 7.29. The Bertz CT molecular complexity index is 776. The Labute approximate surface area is 133 Å². The number of hydrogen-bond donors (Lipinski definition) is 1. The van der Waals surface area contributed by atoms with Crippen molar-refractivity contribution in [2.75, 3.05) is 24.2 Å². The van der Waals surface area contributed by atoms with Crippen molar-refractivity contribution in [2.45, 2.75) is 19.0 Å². The van der Waals surface area contributed by atoms with Crippen molar-refractivity contribution in [1.29, 1.82) is 0 Å². The molecule has 0 saturated heterocycles. The first-order valence-corrected chi connectivity index (χ1v) is 9.01. The summed E-state index contributed by atoms with van der Waals surface area (Å²) in [5, 5.41) is 4.31. The monoisotopic (exact) mass is 340 g/mol. The van der Waals surface area contributed by atoms with E-state index in [9.17, 15) is 12.8 Å². The van der Waals surface area contributed by atoms with Crippen molar-refractivity contribution in [3.63, 3.8) is 0 Å². The summed E-state index contributed by atoms with van der Waals surface area (Å²) in [5.41, 5.74) is 0.980. The zero-order chi connectivity index (χ0) is 16.4. The van der Waals surface area contributed by atoms with Crippen molar-refractivity contribution >= 4 is 16.0 Å². The van der Waals surface area contributed by atoms with E-state index in [2.05, 4.69) is 19.8 Å². The SMILES string of the molecule is CS(=O)(=O)NCCC1CN(c2ncc(F)cn2)Cc2ccnn21. The largest absolute Gasteiger partial charge is 0.333 e. The number of aromatic nitrogens is 4. The van der Waals surface area contributed by atoms with Crippen molar-refractivity contribution < 1.29 is 12.8 Å². The van der Waals surface area contributed by atoms with E-state index in [0.717, 1.165) is 24.3 Å². The molecule has 23 heavy (non-hydrogen) atoms. The van der Waals surface area contributed by atoms with Gasteiger partial charge in [0.2, 0.25) is 16.0 Å². The van der Waals surface area contributed by atoms with Crippen LogP contribution in [0.4, 0.5) is 10.3 Å². The van der Waals surface area contributed by atoms with Crippen LogP contribution in [0.25, 0.3) is 0 Å². The molecule has 0 aliphatic carbocycles. The molecule has 0 saturated carbocycles. The highest BCUT2D eigenvalue weighted by atomic mass is 32.2. The fourth-order valence-corrected chi connectivity index (χ4v) is 3.12. The third-order valence-electron chi connectivity index (χ3n) is 3.61. The molecular weight excluding hydrogens is 323 g/mol. The number of rotatable bonds is 5. The van der Waals surface area contributed by atoms with Gasteiger partial charge in [-0.2, -0.15) is 5.10 Å². The molecule has 8 nitrogen and oxygen atoms in total. The highest BCUT2D eigenvalue weighted by molar-refractivity contribution is 7.88. The van der Waals surface area contributed by atoms with Gasteiger partial charge in [0.1, 0.15) is 0 Å². The van der Waals surface area contributed by atoms with Gasteiger partial charge in [-0.1, -0.05) is 0 Å². The lowest BCUT2D eigenvalue weighted by atomic mass is 10.1. The predicted octanol–water partition coefficient (Wildman–Crippen LogP) is 0.313. The van der Waals surface area contributed by atoms with Crippen LogP contribution in [-0.4, -0.2) is 47.5 Å². The van der Waals surface area contributed by atoms with Gasteiger partial charge in [0.25, 0.3) is 0 Å². The highest BCUT2D eigenvalue weighted by Crippen LogP contribution is 2.25. The minimum Gasteiger partial charge on any atom is -0.333 e. The summed E-state index contributed by atoms with van der Waals surface area (Å²) >= 11 is 0. The van der Waals surface area contributed by atoms with Crippen LogP contribution in [0.5, 0.6) is 0 Å². The van der Waals surface area contributed by atoms with E-state index in [4.69, 9.17) is 0 Å². The molecule has 0 amide bonds. The Kier molecular flexibility index (Phi) is 4.26. The summed E-state index contributed by atoms with van der Waals surface area (Å²) in [4.78, 5) is 9.96. The second-order valence-electron chi connectivity index (χ2n) is 5.46. The van der Waals surface area contributed by atoms with E-state index in [1.165, 1.54) is 0 Å². The number of nitrogens with one attached hydrogen (secondary N) is 1. The molecule has 1 atom stereocenters. The maximum absolute atomic E-state index is 13.0. The van der Waals surface area contributed by atoms with Crippen LogP contribution < -0.4 is 9.62 Å². The van der Waals surface area contributed by atoms with Crippen molar-refractivity contribution in [3.8, 4) is 0 Å². The van der Waals surface area contributed by atoms with Gasteiger partial charge in [-0.05, 0) is 12.5 Å². The Morgan fingerprint density at radius 3 is 2.83 bits per heavy atom. The zero-order valence-corrected chi connectivity index (χ0v) is 13.4. The number of nitrogens with zero attached hydrogens (tertiary/aromatic N) is 5. The van der Waals surface area contributed by atoms with E-state index < -0.39 is 15.8 Å². The topological polar surface area (TPSA) is 93.0 Å². The van der Waals surface area contributed by atoms with Gasteiger partial charge in [0.05, 0.1) is 36.9 Å². The summed E-state index contributed by atoms with van der Waals surface area (Å²) in [6.45, 7) is 1.47. The van der Waals surface area contributed by atoms with Gasteiger partial charge in [-0.3, -0.25) is 4.68 Å². The lowest BCUT2D eigenvalue weighted by Gasteiger charge is -2.33. The number of anilines is 1. The van der Waals surface area contributed by atoms with Crippen LogP contribution in [0, 0.1) is 5.82 Å². The first kappa shape index (κ1) is 15.8. The van der Waals surface area contributed by atoms with Crippen LogP contribution >= 0.6 is 0 Å². The fourth-order valence-electron chi connectivity index (χ4n) is 2.63. The number of hydrogen-bond acceptors (Lipinski definition) is 6. The third kappa shape index (κ3) is 3.82. The van der Waals surface area contributed by atoms with Gasteiger partial charge in [0, 0.05) is 19.3 Å². The summed E-state index contributed by atoms with van der Waals surface area (Å²) < 4.78 is 39.7. The smallest absolute Gasteiger partial charge is 0.225 e. The average Bonchev–Trinajstić information content (AvgIpc) is 2.95. The van der Waals surface area contributed by atoms with E-state index in [-0.39, 0.29) is 6.04 Å². The van der Waals surface area contributed by atoms with Crippen LogP contribution in [0.15, 0.2) is 24.7 Å². The van der Waals surface area contributed by atoms with Gasteiger partial charge in [-0.15, -0.1) is 0 Å².